The highest BCUT2D eigenvalue weighted by Gasteiger charge is 2.32. The van der Waals surface area contributed by atoms with Gasteiger partial charge in [0.05, 0.1) is 6.42 Å². The Balaban J connectivity index is 2.13. The Morgan fingerprint density at radius 3 is 2.94 bits per heavy atom. The van der Waals surface area contributed by atoms with Crippen LogP contribution in [0.2, 0.25) is 0 Å². The molecule has 0 spiro atoms. The van der Waals surface area contributed by atoms with E-state index in [2.05, 4.69) is 0 Å². The summed E-state index contributed by atoms with van der Waals surface area (Å²) in [5.41, 5.74) is 0.619. The molecule has 4 heteroatoms. The van der Waals surface area contributed by atoms with Crippen molar-refractivity contribution < 1.29 is 9.59 Å². The lowest BCUT2D eigenvalue weighted by Gasteiger charge is -2.11. The van der Waals surface area contributed by atoms with E-state index in [1.165, 1.54) is 4.90 Å². The first-order valence-electron chi connectivity index (χ1n) is 5.81. The van der Waals surface area contributed by atoms with Crippen molar-refractivity contribution in [1.29, 1.82) is 0 Å². The van der Waals surface area contributed by atoms with Crippen molar-refractivity contribution in [3.8, 4) is 0 Å². The second kappa shape index (κ2) is 5.27. The second-order valence-corrected chi connectivity index (χ2v) is 5.05. The van der Waals surface area contributed by atoms with Crippen LogP contribution in [-0.2, 0) is 9.59 Å². The van der Waals surface area contributed by atoms with E-state index in [9.17, 15) is 9.59 Å². The number of thiophene rings is 1. The number of hydrogen-bond acceptors (Lipinski definition) is 3. The summed E-state index contributed by atoms with van der Waals surface area (Å²) in [4.78, 5) is 26.1. The largest absolute Gasteiger partial charge is 0.278 e. The molecular formula is C13H15NO2S. The quantitative estimate of drug-likeness (QED) is 0.607. The number of rotatable bonds is 4. The zero-order valence-electron chi connectivity index (χ0n) is 9.81. The zero-order valence-corrected chi connectivity index (χ0v) is 10.6. The van der Waals surface area contributed by atoms with Crippen LogP contribution in [0.1, 0.15) is 31.1 Å². The van der Waals surface area contributed by atoms with Crippen LogP contribution >= 0.6 is 11.3 Å². The number of hydrogen-bond donors (Lipinski definition) is 0. The van der Waals surface area contributed by atoms with Crippen LogP contribution in [0.25, 0.3) is 6.08 Å². The molecule has 0 radical (unpaired) electrons. The van der Waals surface area contributed by atoms with Gasteiger partial charge in [0, 0.05) is 17.0 Å². The van der Waals surface area contributed by atoms with Gasteiger partial charge in [-0.05, 0) is 23.9 Å². The molecule has 1 fully saturated rings. The van der Waals surface area contributed by atoms with E-state index in [0.29, 0.717) is 12.1 Å². The van der Waals surface area contributed by atoms with Crippen molar-refractivity contribution in [2.24, 2.45) is 0 Å². The van der Waals surface area contributed by atoms with Crippen LogP contribution in [0, 0.1) is 0 Å². The van der Waals surface area contributed by atoms with E-state index in [1.807, 2.05) is 30.5 Å². The van der Waals surface area contributed by atoms with Gasteiger partial charge in [0.25, 0.3) is 5.91 Å². The van der Waals surface area contributed by atoms with Crippen molar-refractivity contribution in [3.63, 3.8) is 0 Å². The third-order valence-electron chi connectivity index (χ3n) is 2.76. The lowest BCUT2D eigenvalue weighted by molar-refractivity contribution is -0.137. The first-order chi connectivity index (χ1) is 8.22. The minimum atomic E-state index is -0.114. The first-order valence-corrected chi connectivity index (χ1v) is 6.69. The van der Waals surface area contributed by atoms with E-state index in [0.717, 1.165) is 17.7 Å². The lowest BCUT2D eigenvalue weighted by atomic mass is 10.2. The highest BCUT2D eigenvalue weighted by Crippen LogP contribution is 2.23. The molecule has 17 heavy (non-hydrogen) atoms. The monoisotopic (exact) mass is 249 g/mol. The fourth-order valence-electron chi connectivity index (χ4n) is 1.82. The third kappa shape index (κ3) is 2.64. The molecule has 1 aliphatic heterocycles. The number of likely N-dealkylation sites (tertiary alicyclic amines) is 1. The highest BCUT2D eigenvalue weighted by atomic mass is 32.1. The maximum Gasteiger partial charge on any atom is 0.256 e. The van der Waals surface area contributed by atoms with E-state index < -0.39 is 0 Å². The number of nitrogens with zero attached hydrogens (tertiary/aromatic N) is 1. The third-order valence-corrected chi connectivity index (χ3v) is 3.58. The van der Waals surface area contributed by atoms with Gasteiger partial charge in [-0.2, -0.15) is 0 Å². The number of carbonyl (C=O) groups is 2. The van der Waals surface area contributed by atoms with Crippen LogP contribution in [0.5, 0.6) is 0 Å². The molecule has 1 aromatic rings. The molecule has 0 aromatic carbocycles. The van der Waals surface area contributed by atoms with Crippen LogP contribution in [0.3, 0.4) is 0 Å². The smallest absolute Gasteiger partial charge is 0.256 e. The summed E-state index contributed by atoms with van der Waals surface area (Å²) in [5, 5.41) is 1.96. The van der Waals surface area contributed by atoms with E-state index >= 15 is 0 Å². The van der Waals surface area contributed by atoms with Crippen molar-refractivity contribution >= 4 is 29.2 Å². The average molecular weight is 249 g/mol. The summed E-state index contributed by atoms with van der Waals surface area (Å²) in [6, 6.07) is 3.89. The lowest BCUT2D eigenvalue weighted by Crippen LogP contribution is -2.30. The summed E-state index contributed by atoms with van der Waals surface area (Å²) in [5.74, 6) is -0.178. The van der Waals surface area contributed by atoms with Gasteiger partial charge in [0.1, 0.15) is 0 Å². The van der Waals surface area contributed by atoms with Gasteiger partial charge in [-0.1, -0.05) is 19.4 Å². The molecule has 0 N–H and O–H groups in total. The minimum absolute atomic E-state index is 0.0637. The summed E-state index contributed by atoms with van der Waals surface area (Å²) in [7, 11) is 0. The molecule has 1 aliphatic rings. The molecule has 2 rings (SSSR count). The number of carbonyl (C=O) groups excluding carboxylic acids is 2. The average Bonchev–Trinajstić information content (AvgIpc) is 2.89. The Morgan fingerprint density at radius 1 is 1.47 bits per heavy atom. The predicted molar refractivity (Wildman–Crippen MR) is 68.5 cm³/mol. The molecule has 1 saturated heterocycles. The van der Waals surface area contributed by atoms with Crippen LogP contribution < -0.4 is 0 Å². The molecule has 2 heterocycles. The molecule has 0 aliphatic carbocycles. The minimum Gasteiger partial charge on any atom is -0.278 e. The van der Waals surface area contributed by atoms with Gasteiger partial charge in [0.15, 0.2) is 0 Å². The molecule has 3 nitrogen and oxygen atoms in total. The van der Waals surface area contributed by atoms with E-state index in [1.54, 1.807) is 11.3 Å². The van der Waals surface area contributed by atoms with Gasteiger partial charge in [-0.15, -0.1) is 11.3 Å². The second-order valence-electron chi connectivity index (χ2n) is 4.07. The van der Waals surface area contributed by atoms with E-state index in [-0.39, 0.29) is 18.2 Å². The van der Waals surface area contributed by atoms with Crippen molar-refractivity contribution in [2.75, 3.05) is 6.54 Å². The SMILES string of the molecule is CCCCN1C(=O)CC(=Cc2cccs2)C1=O. The normalized spacial score (nSPS) is 18.4. The molecule has 2 amide bonds. The number of unbranched alkanes of at least 4 members (excludes halogenated alkanes) is 1. The Morgan fingerprint density at radius 2 is 2.29 bits per heavy atom. The van der Waals surface area contributed by atoms with Crippen LogP contribution in [-0.4, -0.2) is 23.3 Å². The van der Waals surface area contributed by atoms with Gasteiger partial charge in [0.2, 0.25) is 5.91 Å². The van der Waals surface area contributed by atoms with Crippen LogP contribution in [0.15, 0.2) is 23.1 Å². The van der Waals surface area contributed by atoms with Crippen molar-refractivity contribution in [1.82, 2.24) is 4.90 Å². The molecular weight excluding hydrogens is 234 g/mol. The summed E-state index contributed by atoms with van der Waals surface area (Å²) in [6.07, 6.45) is 3.95. The van der Waals surface area contributed by atoms with Crippen LogP contribution in [0.4, 0.5) is 0 Å². The topological polar surface area (TPSA) is 37.4 Å². The maximum absolute atomic E-state index is 12.0. The van der Waals surface area contributed by atoms with E-state index in [4.69, 9.17) is 0 Å². The van der Waals surface area contributed by atoms with Gasteiger partial charge in [-0.3, -0.25) is 14.5 Å². The molecule has 0 saturated carbocycles. The van der Waals surface area contributed by atoms with Gasteiger partial charge < -0.3 is 0 Å². The van der Waals surface area contributed by atoms with Gasteiger partial charge >= 0.3 is 0 Å². The molecule has 90 valence electrons. The van der Waals surface area contributed by atoms with Crippen molar-refractivity contribution in [2.45, 2.75) is 26.2 Å². The van der Waals surface area contributed by atoms with Gasteiger partial charge in [-0.25, -0.2) is 0 Å². The summed E-state index contributed by atoms with van der Waals surface area (Å²) >= 11 is 1.57. The Kier molecular flexibility index (Phi) is 3.74. The standard InChI is InChI=1S/C13H15NO2S/c1-2-3-6-14-12(15)9-10(13(14)16)8-11-5-4-7-17-11/h4-5,7-8H,2-3,6,9H2,1H3. The predicted octanol–water partition coefficient (Wildman–Crippen LogP) is 2.69. The fraction of sp³-hybridized carbons (Fsp3) is 0.385. The highest BCUT2D eigenvalue weighted by molar-refractivity contribution is 7.10. The Labute approximate surface area is 105 Å². The fourth-order valence-corrected chi connectivity index (χ4v) is 2.50. The first kappa shape index (κ1) is 12.0. The molecule has 1 aromatic heterocycles. The molecule has 0 bridgehead atoms. The zero-order chi connectivity index (χ0) is 12.3. The summed E-state index contributed by atoms with van der Waals surface area (Å²) in [6.45, 7) is 2.60. The molecule has 0 atom stereocenters. The Bertz CT molecular complexity index is 448. The summed E-state index contributed by atoms with van der Waals surface area (Å²) < 4.78 is 0. The Hall–Kier alpha value is -1.42. The maximum atomic E-state index is 12.0. The number of imide groups is 1. The number of amides is 2. The molecule has 0 unspecified atom stereocenters. The van der Waals surface area contributed by atoms with Crippen molar-refractivity contribution in [3.05, 3.63) is 28.0 Å².